The molecule has 84 valence electrons. The van der Waals surface area contributed by atoms with Crippen LogP contribution in [-0.4, -0.2) is 35.1 Å². The Morgan fingerprint density at radius 1 is 1.27 bits per heavy atom. The van der Waals surface area contributed by atoms with Crippen LogP contribution in [0.25, 0.3) is 0 Å². The fraction of sp³-hybridized carbons (Fsp3) is 0.917. The van der Waals surface area contributed by atoms with Gasteiger partial charge in [-0.3, -0.25) is 9.69 Å². The zero-order valence-corrected chi connectivity index (χ0v) is 9.11. The van der Waals surface area contributed by atoms with Crippen LogP contribution in [0, 0.1) is 11.3 Å². The molecule has 0 amide bonds. The maximum Gasteiger partial charge on any atom is 0.311 e. The molecule has 15 heavy (non-hydrogen) atoms. The molecule has 0 aromatic rings. The van der Waals surface area contributed by atoms with Crippen molar-refractivity contribution in [3.05, 3.63) is 0 Å². The van der Waals surface area contributed by atoms with Crippen molar-refractivity contribution in [2.75, 3.05) is 13.1 Å². The number of hydrogen-bond acceptors (Lipinski definition) is 2. The first-order valence-corrected chi connectivity index (χ1v) is 6.20. The second-order valence-corrected chi connectivity index (χ2v) is 5.58. The molecule has 0 bridgehead atoms. The number of piperidine rings is 1. The quantitative estimate of drug-likeness (QED) is 0.753. The minimum atomic E-state index is -0.550. The van der Waals surface area contributed by atoms with E-state index in [2.05, 4.69) is 4.90 Å². The maximum absolute atomic E-state index is 11.2. The molecule has 3 nitrogen and oxygen atoms in total. The molecule has 3 fully saturated rings. The van der Waals surface area contributed by atoms with Crippen molar-refractivity contribution >= 4 is 5.97 Å². The number of fused-ring (bicyclic) bond motifs is 1. The van der Waals surface area contributed by atoms with Gasteiger partial charge in [-0.25, -0.2) is 0 Å². The van der Waals surface area contributed by atoms with E-state index < -0.39 is 5.97 Å². The Kier molecular flexibility index (Phi) is 2.06. The predicted octanol–water partition coefficient (Wildman–Crippen LogP) is 1.73. The number of carbonyl (C=O) groups is 1. The summed E-state index contributed by atoms with van der Waals surface area (Å²) in [5.74, 6) is -0.0808. The average molecular weight is 209 g/mol. The van der Waals surface area contributed by atoms with Crippen LogP contribution in [0.5, 0.6) is 0 Å². The number of nitrogens with zero attached hydrogens (tertiary/aromatic N) is 1. The maximum atomic E-state index is 11.2. The van der Waals surface area contributed by atoms with E-state index in [-0.39, 0.29) is 5.41 Å². The zero-order chi connectivity index (χ0) is 10.5. The van der Waals surface area contributed by atoms with E-state index in [0.29, 0.717) is 12.0 Å². The summed E-state index contributed by atoms with van der Waals surface area (Å²) >= 11 is 0. The van der Waals surface area contributed by atoms with Gasteiger partial charge in [-0.15, -0.1) is 0 Å². The lowest BCUT2D eigenvalue weighted by atomic mass is 9.94. The summed E-state index contributed by atoms with van der Waals surface area (Å²) in [6.45, 7) is 1.88. The normalized spacial score (nSPS) is 41.5. The molecule has 0 spiro atoms. The van der Waals surface area contributed by atoms with Crippen molar-refractivity contribution in [2.24, 2.45) is 11.3 Å². The van der Waals surface area contributed by atoms with Gasteiger partial charge in [0.15, 0.2) is 0 Å². The molecule has 2 saturated carbocycles. The van der Waals surface area contributed by atoms with Gasteiger partial charge in [-0.2, -0.15) is 0 Å². The van der Waals surface area contributed by atoms with Gasteiger partial charge in [0.1, 0.15) is 0 Å². The number of aliphatic carboxylic acids is 1. The Hall–Kier alpha value is -0.570. The van der Waals surface area contributed by atoms with Crippen LogP contribution in [0.15, 0.2) is 0 Å². The molecule has 1 heterocycles. The molecule has 1 saturated heterocycles. The van der Waals surface area contributed by atoms with E-state index in [9.17, 15) is 9.90 Å². The molecule has 3 aliphatic rings. The number of rotatable bonds is 2. The third-order valence-electron chi connectivity index (χ3n) is 4.69. The molecule has 3 rings (SSSR count). The van der Waals surface area contributed by atoms with E-state index in [4.69, 9.17) is 0 Å². The highest BCUT2D eigenvalue weighted by molar-refractivity contribution is 5.79. The molecule has 0 radical (unpaired) electrons. The molecule has 2 unspecified atom stereocenters. The predicted molar refractivity (Wildman–Crippen MR) is 56.6 cm³/mol. The summed E-state index contributed by atoms with van der Waals surface area (Å²) in [6, 6.07) is 0.697. The SMILES string of the molecule is O=C(O)C12CC1CN(C1CCCCC1)C2. The van der Waals surface area contributed by atoms with E-state index >= 15 is 0 Å². The first-order valence-electron chi connectivity index (χ1n) is 6.20. The second-order valence-electron chi connectivity index (χ2n) is 5.58. The summed E-state index contributed by atoms with van der Waals surface area (Å²) in [7, 11) is 0. The Morgan fingerprint density at radius 2 is 2.00 bits per heavy atom. The minimum absolute atomic E-state index is 0.322. The third kappa shape index (κ3) is 1.40. The van der Waals surface area contributed by atoms with E-state index in [0.717, 1.165) is 19.5 Å². The second kappa shape index (κ2) is 3.21. The lowest BCUT2D eigenvalue weighted by Gasteiger charge is -2.32. The Balaban J connectivity index is 1.64. The summed E-state index contributed by atoms with van der Waals surface area (Å²) in [6.07, 6.45) is 7.58. The number of carboxylic acids is 1. The average Bonchev–Trinajstić information content (AvgIpc) is 2.84. The fourth-order valence-corrected chi connectivity index (χ4v) is 3.58. The summed E-state index contributed by atoms with van der Waals surface area (Å²) in [5.41, 5.74) is -0.322. The Morgan fingerprint density at radius 3 is 2.60 bits per heavy atom. The highest BCUT2D eigenvalue weighted by Gasteiger charge is 2.65. The first kappa shape index (κ1) is 9.64. The molecule has 2 aliphatic carbocycles. The molecular weight excluding hydrogens is 190 g/mol. The van der Waals surface area contributed by atoms with Crippen LogP contribution >= 0.6 is 0 Å². The van der Waals surface area contributed by atoms with Crippen molar-refractivity contribution < 1.29 is 9.90 Å². The summed E-state index contributed by atoms with van der Waals surface area (Å²) < 4.78 is 0. The van der Waals surface area contributed by atoms with Crippen LogP contribution in [0.3, 0.4) is 0 Å². The van der Waals surface area contributed by atoms with Crippen LogP contribution in [0.1, 0.15) is 38.5 Å². The highest BCUT2D eigenvalue weighted by Crippen LogP contribution is 2.58. The number of hydrogen-bond donors (Lipinski definition) is 1. The van der Waals surface area contributed by atoms with E-state index in [1.807, 2.05) is 0 Å². The molecule has 1 N–H and O–H groups in total. The van der Waals surface area contributed by atoms with Gasteiger partial charge >= 0.3 is 5.97 Å². The van der Waals surface area contributed by atoms with Crippen molar-refractivity contribution in [3.63, 3.8) is 0 Å². The lowest BCUT2D eigenvalue weighted by Crippen LogP contribution is -2.38. The first-order chi connectivity index (χ1) is 7.22. The molecule has 2 atom stereocenters. The van der Waals surface area contributed by atoms with Crippen LogP contribution < -0.4 is 0 Å². The number of likely N-dealkylation sites (tertiary alicyclic amines) is 1. The topological polar surface area (TPSA) is 40.5 Å². The summed E-state index contributed by atoms with van der Waals surface area (Å²) in [5, 5.41) is 9.20. The van der Waals surface area contributed by atoms with Crippen LogP contribution in [0.4, 0.5) is 0 Å². The highest BCUT2D eigenvalue weighted by atomic mass is 16.4. The third-order valence-corrected chi connectivity index (χ3v) is 4.69. The van der Waals surface area contributed by atoms with Crippen molar-refractivity contribution in [1.82, 2.24) is 4.90 Å². The molecule has 0 aromatic heterocycles. The van der Waals surface area contributed by atoms with Crippen molar-refractivity contribution in [1.29, 1.82) is 0 Å². The van der Waals surface area contributed by atoms with Gasteiger partial charge in [0.25, 0.3) is 0 Å². The molecular formula is C12H19NO2. The largest absolute Gasteiger partial charge is 0.481 e. The van der Waals surface area contributed by atoms with Gasteiger partial charge in [-0.05, 0) is 25.2 Å². The van der Waals surface area contributed by atoms with Crippen LogP contribution in [0.2, 0.25) is 0 Å². The van der Waals surface area contributed by atoms with Crippen molar-refractivity contribution in [2.45, 2.75) is 44.6 Å². The lowest BCUT2D eigenvalue weighted by molar-refractivity contribution is -0.143. The molecule has 0 aromatic carbocycles. The van der Waals surface area contributed by atoms with Crippen molar-refractivity contribution in [3.8, 4) is 0 Å². The molecule has 3 heteroatoms. The van der Waals surface area contributed by atoms with Crippen LogP contribution in [-0.2, 0) is 4.79 Å². The fourth-order valence-electron chi connectivity index (χ4n) is 3.58. The number of carboxylic acid groups (broad SMARTS) is 1. The van der Waals surface area contributed by atoms with E-state index in [1.54, 1.807) is 0 Å². The minimum Gasteiger partial charge on any atom is -0.481 e. The monoisotopic (exact) mass is 209 g/mol. The van der Waals surface area contributed by atoms with Gasteiger partial charge in [0.2, 0.25) is 0 Å². The van der Waals surface area contributed by atoms with E-state index in [1.165, 1.54) is 32.1 Å². The van der Waals surface area contributed by atoms with Gasteiger partial charge in [0.05, 0.1) is 5.41 Å². The molecule has 1 aliphatic heterocycles. The zero-order valence-electron chi connectivity index (χ0n) is 9.11. The smallest absolute Gasteiger partial charge is 0.311 e. The standard InChI is InChI=1S/C12H19NO2/c14-11(15)12-6-9(12)7-13(8-12)10-4-2-1-3-5-10/h9-10H,1-8H2,(H,14,15). The van der Waals surface area contributed by atoms with Gasteiger partial charge in [0, 0.05) is 19.1 Å². The Bertz CT molecular complexity index is 285. The van der Waals surface area contributed by atoms with Gasteiger partial charge in [-0.1, -0.05) is 19.3 Å². The summed E-state index contributed by atoms with van der Waals surface area (Å²) in [4.78, 5) is 13.6. The van der Waals surface area contributed by atoms with Gasteiger partial charge < -0.3 is 5.11 Å². The Labute approximate surface area is 90.5 Å².